The van der Waals surface area contributed by atoms with Gasteiger partial charge in [-0.05, 0) is 24.3 Å². The van der Waals surface area contributed by atoms with Crippen molar-refractivity contribution in [3.8, 4) is 0 Å². The zero-order valence-electron chi connectivity index (χ0n) is 11.1. The Hall–Kier alpha value is -2.95. The number of carbonyl (C=O) groups is 1. The van der Waals surface area contributed by atoms with Crippen LogP contribution < -0.4 is 5.56 Å². The van der Waals surface area contributed by atoms with Crippen molar-refractivity contribution < 1.29 is 9.53 Å². The van der Waals surface area contributed by atoms with Crippen molar-refractivity contribution in [1.29, 1.82) is 0 Å². The molecular weight excluding hydrogens is 268 g/mol. The third kappa shape index (κ3) is 2.81. The van der Waals surface area contributed by atoms with Crippen molar-refractivity contribution in [3.63, 3.8) is 0 Å². The van der Waals surface area contributed by atoms with Crippen LogP contribution in [-0.4, -0.2) is 15.9 Å². The molecule has 0 bridgehead atoms. The number of hydrogen-bond donors (Lipinski definition) is 1. The van der Waals surface area contributed by atoms with Crippen molar-refractivity contribution >= 4 is 16.9 Å². The summed E-state index contributed by atoms with van der Waals surface area (Å²) in [6.07, 6.45) is 0. The van der Waals surface area contributed by atoms with E-state index in [1.165, 1.54) is 0 Å². The predicted octanol–water partition coefficient (Wildman–Crippen LogP) is 2.28. The molecule has 0 spiro atoms. The number of aromatic amines is 1. The number of esters is 1. The highest BCUT2D eigenvalue weighted by Crippen LogP contribution is 2.07. The molecule has 0 aliphatic rings. The number of benzene rings is 2. The molecule has 3 aromatic rings. The number of H-pyrrole nitrogens is 1. The van der Waals surface area contributed by atoms with Crippen LogP contribution in [0.5, 0.6) is 0 Å². The number of para-hydroxylation sites is 1. The number of nitrogens with zero attached hydrogens (tertiary/aromatic N) is 1. The Morgan fingerprint density at radius 2 is 1.76 bits per heavy atom. The number of nitrogens with one attached hydrogen (secondary N) is 1. The number of fused-ring (bicyclic) bond motifs is 1. The summed E-state index contributed by atoms with van der Waals surface area (Å²) in [6.45, 7) is -0.0756. The van der Waals surface area contributed by atoms with Gasteiger partial charge in [0.15, 0.2) is 0 Å². The quantitative estimate of drug-likeness (QED) is 0.747. The minimum Gasteiger partial charge on any atom is -0.454 e. The van der Waals surface area contributed by atoms with E-state index in [1.54, 1.807) is 48.5 Å². The third-order valence-corrected chi connectivity index (χ3v) is 3.01. The molecule has 1 aromatic heterocycles. The first kappa shape index (κ1) is 13.1. The molecule has 0 aliphatic carbocycles. The molecule has 0 aliphatic heterocycles. The second-order valence-corrected chi connectivity index (χ2v) is 4.47. The molecule has 0 amide bonds. The van der Waals surface area contributed by atoms with Gasteiger partial charge in [0, 0.05) is 0 Å². The summed E-state index contributed by atoms with van der Waals surface area (Å²) >= 11 is 0. The number of hydrogen-bond acceptors (Lipinski definition) is 4. The summed E-state index contributed by atoms with van der Waals surface area (Å²) in [5.74, 6) is -0.130. The number of aromatic nitrogens is 2. The molecule has 5 heteroatoms. The average Bonchev–Trinajstić information content (AvgIpc) is 2.53. The van der Waals surface area contributed by atoms with Gasteiger partial charge in [-0.15, -0.1) is 0 Å². The Morgan fingerprint density at radius 3 is 2.57 bits per heavy atom. The van der Waals surface area contributed by atoms with E-state index in [0.717, 1.165) is 0 Å². The maximum absolute atomic E-state index is 11.9. The monoisotopic (exact) mass is 280 g/mol. The van der Waals surface area contributed by atoms with Gasteiger partial charge < -0.3 is 9.72 Å². The minimum absolute atomic E-state index is 0.0756. The van der Waals surface area contributed by atoms with Crippen LogP contribution in [0.3, 0.4) is 0 Å². The number of rotatable bonds is 3. The highest BCUT2D eigenvalue weighted by molar-refractivity contribution is 5.89. The van der Waals surface area contributed by atoms with Gasteiger partial charge >= 0.3 is 5.97 Å². The molecule has 5 nitrogen and oxygen atoms in total. The van der Waals surface area contributed by atoms with E-state index in [4.69, 9.17) is 4.74 Å². The Morgan fingerprint density at radius 1 is 1.05 bits per heavy atom. The first-order valence-electron chi connectivity index (χ1n) is 6.44. The minimum atomic E-state index is -0.452. The first-order valence-corrected chi connectivity index (χ1v) is 6.44. The molecule has 1 heterocycles. The highest BCUT2D eigenvalue weighted by atomic mass is 16.5. The molecule has 0 saturated carbocycles. The molecule has 2 aromatic carbocycles. The lowest BCUT2D eigenvalue weighted by molar-refractivity contribution is 0.0462. The lowest BCUT2D eigenvalue weighted by atomic mass is 10.2. The van der Waals surface area contributed by atoms with Crippen LogP contribution in [0.1, 0.15) is 16.2 Å². The SMILES string of the molecule is O=C(OCc1nc2ccccc2c(=O)[nH]1)c1ccccc1. The third-order valence-electron chi connectivity index (χ3n) is 3.01. The van der Waals surface area contributed by atoms with E-state index in [2.05, 4.69) is 9.97 Å². The fraction of sp³-hybridized carbons (Fsp3) is 0.0625. The lowest BCUT2D eigenvalue weighted by Crippen LogP contribution is -2.14. The standard InChI is InChI=1S/C16H12N2O3/c19-15-12-8-4-5-9-13(12)17-14(18-15)10-21-16(20)11-6-2-1-3-7-11/h1-9H,10H2,(H,17,18,19). The van der Waals surface area contributed by atoms with Gasteiger partial charge in [0.2, 0.25) is 0 Å². The van der Waals surface area contributed by atoms with Crippen LogP contribution in [0.4, 0.5) is 0 Å². The topological polar surface area (TPSA) is 72.0 Å². The molecular formula is C16H12N2O3. The molecule has 0 radical (unpaired) electrons. The van der Waals surface area contributed by atoms with Crippen LogP contribution in [0.15, 0.2) is 59.4 Å². The molecule has 0 atom stereocenters. The summed E-state index contributed by atoms with van der Waals surface area (Å²) in [6, 6.07) is 15.7. The van der Waals surface area contributed by atoms with E-state index >= 15 is 0 Å². The van der Waals surface area contributed by atoms with E-state index in [9.17, 15) is 9.59 Å². The second kappa shape index (κ2) is 5.58. The van der Waals surface area contributed by atoms with E-state index < -0.39 is 5.97 Å². The fourth-order valence-electron chi connectivity index (χ4n) is 1.99. The van der Waals surface area contributed by atoms with Crippen molar-refractivity contribution in [1.82, 2.24) is 9.97 Å². The summed E-state index contributed by atoms with van der Waals surface area (Å²) in [4.78, 5) is 30.6. The maximum atomic E-state index is 11.9. The zero-order chi connectivity index (χ0) is 14.7. The van der Waals surface area contributed by atoms with Crippen LogP contribution in [0, 0.1) is 0 Å². The molecule has 1 N–H and O–H groups in total. The Labute approximate surface area is 120 Å². The number of carbonyl (C=O) groups excluding carboxylic acids is 1. The summed E-state index contributed by atoms with van der Waals surface area (Å²) < 4.78 is 5.15. The molecule has 3 rings (SSSR count). The molecule has 0 saturated heterocycles. The first-order chi connectivity index (χ1) is 10.2. The predicted molar refractivity (Wildman–Crippen MR) is 77.9 cm³/mol. The van der Waals surface area contributed by atoms with Gasteiger partial charge in [0.25, 0.3) is 5.56 Å². The summed E-state index contributed by atoms with van der Waals surface area (Å²) in [7, 11) is 0. The molecule has 104 valence electrons. The molecule has 0 unspecified atom stereocenters. The van der Waals surface area contributed by atoms with E-state index in [0.29, 0.717) is 22.3 Å². The van der Waals surface area contributed by atoms with Gasteiger partial charge in [-0.2, -0.15) is 0 Å². The van der Waals surface area contributed by atoms with Crippen LogP contribution >= 0.6 is 0 Å². The molecule has 21 heavy (non-hydrogen) atoms. The highest BCUT2D eigenvalue weighted by Gasteiger charge is 2.08. The fourth-order valence-corrected chi connectivity index (χ4v) is 1.99. The Balaban J connectivity index is 1.80. The van der Waals surface area contributed by atoms with Crippen LogP contribution in [-0.2, 0) is 11.3 Å². The van der Waals surface area contributed by atoms with Gasteiger partial charge in [0.1, 0.15) is 12.4 Å². The zero-order valence-corrected chi connectivity index (χ0v) is 11.1. The van der Waals surface area contributed by atoms with Gasteiger partial charge in [-0.25, -0.2) is 9.78 Å². The number of ether oxygens (including phenoxy) is 1. The van der Waals surface area contributed by atoms with Crippen molar-refractivity contribution in [2.75, 3.05) is 0 Å². The van der Waals surface area contributed by atoms with Crippen LogP contribution in [0.2, 0.25) is 0 Å². The largest absolute Gasteiger partial charge is 0.454 e. The van der Waals surface area contributed by atoms with Crippen molar-refractivity contribution in [3.05, 3.63) is 76.3 Å². The van der Waals surface area contributed by atoms with Gasteiger partial charge in [-0.1, -0.05) is 30.3 Å². The van der Waals surface area contributed by atoms with E-state index in [1.807, 2.05) is 6.07 Å². The Bertz CT molecular complexity index is 841. The van der Waals surface area contributed by atoms with E-state index in [-0.39, 0.29) is 12.2 Å². The van der Waals surface area contributed by atoms with Gasteiger partial charge in [-0.3, -0.25) is 4.79 Å². The van der Waals surface area contributed by atoms with Crippen molar-refractivity contribution in [2.24, 2.45) is 0 Å². The summed E-state index contributed by atoms with van der Waals surface area (Å²) in [5.41, 5.74) is 0.791. The normalized spacial score (nSPS) is 10.5. The second-order valence-electron chi connectivity index (χ2n) is 4.47. The Kier molecular flexibility index (Phi) is 3.47. The maximum Gasteiger partial charge on any atom is 0.338 e. The van der Waals surface area contributed by atoms with Crippen LogP contribution in [0.25, 0.3) is 10.9 Å². The molecule has 0 fully saturated rings. The smallest absolute Gasteiger partial charge is 0.338 e. The van der Waals surface area contributed by atoms with Crippen molar-refractivity contribution in [2.45, 2.75) is 6.61 Å². The summed E-state index contributed by atoms with van der Waals surface area (Å²) in [5, 5.41) is 0.510. The lowest BCUT2D eigenvalue weighted by Gasteiger charge is -2.05. The van der Waals surface area contributed by atoms with Gasteiger partial charge in [0.05, 0.1) is 16.5 Å². The average molecular weight is 280 g/mol.